The Morgan fingerprint density at radius 2 is 2.10 bits per heavy atom. The minimum absolute atomic E-state index is 0.0377. The first-order chi connectivity index (χ1) is 9.97. The summed E-state index contributed by atoms with van der Waals surface area (Å²) in [7, 11) is 1.79. The summed E-state index contributed by atoms with van der Waals surface area (Å²) in [6, 6.07) is 5.90. The van der Waals surface area contributed by atoms with Crippen molar-refractivity contribution in [1.29, 1.82) is 0 Å². The van der Waals surface area contributed by atoms with Gasteiger partial charge in [-0.25, -0.2) is 0 Å². The van der Waals surface area contributed by atoms with Crippen molar-refractivity contribution in [2.24, 2.45) is 7.05 Å². The zero-order valence-corrected chi connectivity index (χ0v) is 13.0. The van der Waals surface area contributed by atoms with Gasteiger partial charge in [-0.3, -0.25) is 4.79 Å². The van der Waals surface area contributed by atoms with E-state index in [1.807, 2.05) is 32.0 Å². The van der Waals surface area contributed by atoms with Gasteiger partial charge < -0.3 is 14.4 Å². The molecule has 0 radical (unpaired) electrons. The molecule has 2 rings (SSSR count). The smallest absolute Gasteiger partial charge is 0.313 e. The minimum Gasteiger partial charge on any atom is -0.486 e. The topological polar surface area (TPSA) is 77.2 Å². The van der Waals surface area contributed by atoms with Crippen LogP contribution in [-0.4, -0.2) is 31.6 Å². The molecule has 0 bridgehead atoms. The van der Waals surface area contributed by atoms with Crippen LogP contribution < -0.4 is 4.74 Å². The third kappa shape index (κ3) is 3.98. The van der Waals surface area contributed by atoms with Crippen LogP contribution >= 0.6 is 11.8 Å². The maximum absolute atomic E-state index is 10.6. The molecule has 6 nitrogen and oxygen atoms in total. The maximum Gasteiger partial charge on any atom is 0.313 e. The number of benzene rings is 1. The van der Waals surface area contributed by atoms with Crippen LogP contribution in [0.5, 0.6) is 5.75 Å². The summed E-state index contributed by atoms with van der Waals surface area (Å²) in [6.45, 7) is 4.37. The van der Waals surface area contributed by atoms with Crippen LogP contribution in [0.2, 0.25) is 0 Å². The number of carboxylic acid groups (broad SMARTS) is 1. The lowest BCUT2D eigenvalue weighted by molar-refractivity contribution is -0.133. The van der Waals surface area contributed by atoms with Crippen LogP contribution in [0, 0.1) is 13.8 Å². The van der Waals surface area contributed by atoms with Crippen molar-refractivity contribution in [2.75, 3.05) is 5.75 Å². The lowest BCUT2D eigenvalue weighted by Gasteiger charge is -2.08. The van der Waals surface area contributed by atoms with Crippen LogP contribution in [0.25, 0.3) is 0 Å². The lowest BCUT2D eigenvalue weighted by Crippen LogP contribution is -2.05. The molecule has 0 aliphatic rings. The Morgan fingerprint density at radius 1 is 1.33 bits per heavy atom. The molecule has 0 amide bonds. The van der Waals surface area contributed by atoms with Crippen molar-refractivity contribution in [3.05, 3.63) is 35.2 Å². The van der Waals surface area contributed by atoms with Gasteiger partial charge in [0.25, 0.3) is 0 Å². The molecule has 0 fully saturated rings. The van der Waals surface area contributed by atoms with Crippen molar-refractivity contribution < 1.29 is 14.6 Å². The van der Waals surface area contributed by atoms with E-state index in [1.165, 1.54) is 11.1 Å². The zero-order valence-electron chi connectivity index (χ0n) is 12.2. The zero-order chi connectivity index (χ0) is 15.4. The molecule has 0 saturated heterocycles. The highest BCUT2D eigenvalue weighted by molar-refractivity contribution is 7.99. The Bertz CT molecular complexity index is 655. The Hall–Kier alpha value is -2.02. The predicted octanol–water partition coefficient (Wildman–Crippen LogP) is 2.19. The number of aliphatic carboxylic acids is 1. The SMILES string of the molecule is Cc1ccc(OCc2nnc(SCC(=O)O)n2C)cc1C. The van der Waals surface area contributed by atoms with Gasteiger partial charge in [-0.15, -0.1) is 10.2 Å². The molecular formula is C14H17N3O3S. The second-order valence-electron chi connectivity index (χ2n) is 4.67. The maximum atomic E-state index is 10.6. The second kappa shape index (κ2) is 6.62. The van der Waals surface area contributed by atoms with Gasteiger partial charge in [-0.2, -0.15) is 0 Å². The summed E-state index contributed by atoms with van der Waals surface area (Å²) in [5.74, 6) is 0.516. The fourth-order valence-electron chi connectivity index (χ4n) is 1.67. The molecule has 0 saturated carbocycles. The number of carbonyl (C=O) groups is 1. The Morgan fingerprint density at radius 3 is 2.76 bits per heavy atom. The van der Waals surface area contributed by atoms with Crippen molar-refractivity contribution in [3.8, 4) is 5.75 Å². The van der Waals surface area contributed by atoms with Crippen molar-refractivity contribution in [1.82, 2.24) is 14.8 Å². The van der Waals surface area contributed by atoms with Gasteiger partial charge in [-0.05, 0) is 37.1 Å². The Kier molecular flexibility index (Phi) is 4.85. The number of hydrogen-bond donors (Lipinski definition) is 1. The van der Waals surface area contributed by atoms with E-state index in [0.717, 1.165) is 17.5 Å². The van der Waals surface area contributed by atoms with Gasteiger partial charge >= 0.3 is 5.97 Å². The van der Waals surface area contributed by atoms with Crippen molar-refractivity contribution in [2.45, 2.75) is 25.6 Å². The molecule has 1 aromatic carbocycles. The fourth-order valence-corrected chi connectivity index (χ4v) is 2.32. The molecule has 1 heterocycles. The van der Waals surface area contributed by atoms with E-state index in [-0.39, 0.29) is 5.75 Å². The molecule has 1 N–H and O–H groups in total. The summed E-state index contributed by atoms with van der Waals surface area (Å²) in [5.41, 5.74) is 2.39. The summed E-state index contributed by atoms with van der Waals surface area (Å²) in [6.07, 6.45) is 0. The van der Waals surface area contributed by atoms with E-state index < -0.39 is 5.97 Å². The van der Waals surface area contributed by atoms with E-state index in [1.54, 1.807) is 11.6 Å². The standard InChI is InChI=1S/C14H17N3O3S/c1-9-4-5-11(6-10(9)2)20-7-12-15-16-14(17(12)3)21-8-13(18)19/h4-6H,7-8H2,1-3H3,(H,18,19). The molecule has 112 valence electrons. The van der Waals surface area contributed by atoms with Crippen LogP contribution in [-0.2, 0) is 18.4 Å². The molecule has 21 heavy (non-hydrogen) atoms. The van der Waals surface area contributed by atoms with E-state index in [4.69, 9.17) is 9.84 Å². The quantitative estimate of drug-likeness (QED) is 0.824. The van der Waals surface area contributed by atoms with Gasteiger partial charge in [0.1, 0.15) is 12.4 Å². The average Bonchev–Trinajstić information content (AvgIpc) is 2.78. The average molecular weight is 307 g/mol. The van der Waals surface area contributed by atoms with E-state index in [2.05, 4.69) is 10.2 Å². The molecule has 0 unspecified atom stereocenters. The van der Waals surface area contributed by atoms with Crippen LogP contribution in [0.1, 0.15) is 17.0 Å². The first kappa shape index (κ1) is 15.4. The molecule has 0 aliphatic heterocycles. The summed E-state index contributed by atoms with van der Waals surface area (Å²) < 4.78 is 7.44. The van der Waals surface area contributed by atoms with Gasteiger partial charge in [-0.1, -0.05) is 17.8 Å². The summed E-state index contributed by atoms with van der Waals surface area (Å²) >= 11 is 1.14. The molecule has 7 heteroatoms. The van der Waals surface area contributed by atoms with E-state index in [9.17, 15) is 4.79 Å². The highest BCUT2D eigenvalue weighted by atomic mass is 32.2. The highest BCUT2D eigenvalue weighted by Crippen LogP contribution is 2.19. The summed E-state index contributed by atoms with van der Waals surface area (Å²) in [5, 5.41) is 17.2. The van der Waals surface area contributed by atoms with Gasteiger partial charge in [0, 0.05) is 7.05 Å². The van der Waals surface area contributed by atoms with Gasteiger partial charge in [0.2, 0.25) is 0 Å². The molecule has 0 atom stereocenters. The van der Waals surface area contributed by atoms with Crippen molar-refractivity contribution in [3.63, 3.8) is 0 Å². The number of carboxylic acids is 1. The van der Waals surface area contributed by atoms with Crippen LogP contribution in [0.15, 0.2) is 23.4 Å². The minimum atomic E-state index is -0.879. The largest absolute Gasteiger partial charge is 0.486 e. The number of thioether (sulfide) groups is 1. The fraction of sp³-hybridized carbons (Fsp3) is 0.357. The first-order valence-corrected chi connectivity index (χ1v) is 7.39. The molecule has 0 spiro atoms. The van der Waals surface area contributed by atoms with Gasteiger partial charge in [0.15, 0.2) is 11.0 Å². The second-order valence-corrected chi connectivity index (χ2v) is 5.62. The highest BCUT2D eigenvalue weighted by Gasteiger charge is 2.11. The molecule has 0 aliphatic carbocycles. The monoisotopic (exact) mass is 307 g/mol. The van der Waals surface area contributed by atoms with E-state index >= 15 is 0 Å². The first-order valence-electron chi connectivity index (χ1n) is 6.40. The number of ether oxygens (including phenoxy) is 1. The van der Waals surface area contributed by atoms with Crippen molar-refractivity contribution >= 4 is 17.7 Å². The predicted molar refractivity (Wildman–Crippen MR) is 79.6 cm³/mol. The third-order valence-electron chi connectivity index (χ3n) is 3.10. The number of aryl methyl sites for hydroxylation is 2. The molecule has 1 aromatic heterocycles. The number of nitrogens with zero attached hydrogens (tertiary/aromatic N) is 3. The number of aromatic nitrogens is 3. The normalized spacial score (nSPS) is 10.6. The number of rotatable bonds is 6. The van der Waals surface area contributed by atoms with Gasteiger partial charge in [0.05, 0.1) is 5.75 Å². The molecular weight excluding hydrogens is 290 g/mol. The Labute approximate surface area is 127 Å². The lowest BCUT2D eigenvalue weighted by atomic mass is 10.1. The number of hydrogen-bond acceptors (Lipinski definition) is 5. The summed E-state index contributed by atoms with van der Waals surface area (Å²) in [4.78, 5) is 10.6. The Balaban J connectivity index is 2.00. The third-order valence-corrected chi connectivity index (χ3v) is 4.10. The van der Waals surface area contributed by atoms with Crippen LogP contribution in [0.4, 0.5) is 0 Å². The molecule has 2 aromatic rings. The van der Waals surface area contributed by atoms with E-state index in [0.29, 0.717) is 17.6 Å². The van der Waals surface area contributed by atoms with Crippen LogP contribution in [0.3, 0.4) is 0 Å².